The maximum absolute atomic E-state index is 13.0. The Labute approximate surface area is 154 Å². The van der Waals surface area contributed by atoms with Gasteiger partial charge in [0.15, 0.2) is 6.10 Å². The first-order chi connectivity index (χ1) is 12.0. The van der Waals surface area contributed by atoms with Gasteiger partial charge in [-0.3, -0.25) is 4.79 Å². The summed E-state index contributed by atoms with van der Waals surface area (Å²) in [6.07, 6.45) is -0.546. The molecule has 1 fully saturated rings. The second-order valence-electron chi connectivity index (χ2n) is 6.43. The van der Waals surface area contributed by atoms with Gasteiger partial charge >= 0.3 is 0 Å². The van der Waals surface area contributed by atoms with Gasteiger partial charge in [-0.2, -0.15) is 0 Å². The van der Waals surface area contributed by atoms with Crippen molar-refractivity contribution < 1.29 is 9.53 Å². The third kappa shape index (κ3) is 4.33. The summed E-state index contributed by atoms with van der Waals surface area (Å²) in [6.45, 7) is 4.19. The van der Waals surface area contributed by atoms with Crippen molar-refractivity contribution in [3.63, 3.8) is 0 Å². The second-order valence-corrected chi connectivity index (χ2v) is 6.87. The van der Waals surface area contributed by atoms with E-state index in [1.54, 1.807) is 31.2 Å². The van der Waals surface area contributed by atoms with Crippen LogP contribution < -0.4 is 4.74 Å². The normalized spacial score (nSPS) is 19.5. The van der Waals surface area contributed by atoms with Gasteiger partial charge in [0.2, 0.25) is 0 Å². The number of halogens is 1. The van der Waals surface area contributed by atoms with Crippen LogP contribution in [-0.2, 0) is 4.79 Å². The number of carbonyl (C=O) groups excluding carboxylic acids is 1. The molecule has 2 aromatic rings. The minimum atomic E-state index is -0.546. The van der Waals surface area contributed by atoms with Crippen molar-refractivity contribution in [1.82, 2.24) is 9.80 Å². The van der Waals surface area contributed by atoms with Crippen LogP contribution in [0.5, 0.6) is 5.75 Å². The summed E-state index contributed by atoms with van der Waals surface area (Å²) in [7, 11) is 2.09. The summed E-state index contributed by atoms with van der Waals surface area (Å²) in [6, 6.07) is 17.3. The van der Waals surface area contributed by atoms with Crippen molar-refractivity contribution in [3.8, 4) is 5.75 Å². The molecule has 0 saturated carbocycles. The van der Waals surface area contributed by atoms with E-state index >= 15 is 0 Å². The van der Waals surface area contributed by atoms with Crippen LogP contribution in [0.15, 0.2) is 54.6 Å². The topological polar surface area (TPSA) is 32.8 Å². The van der Waals surface area contributed by atoms with Crippen LogP contribution in [0.25, 0.3) is 0 Å². The van der Waals surface area contributed by atoms with E-state index in [-0.39, 0.29) is 11.9 Å². The molecule has 3 rings (SSSR count). The Bertz CT molecular complexity index is 705. The van der Waals surface area contributed by atoms with Gasteiger partial charge in [0.05, 0.1) is 6.04 Å². The summed E-state index contributed by atoms with van der Waals surface area (Å²) >= 11 is 5.90. The minimum Gasteiger partial charge on any atom is -0.481 e. The van der Waals surface area contributed by atoms with Gasteiger partial charge in [-0.25, -0.2) is 0 Å². The molecule has 2 aromatic carbocycles. The molecule has 0 bridgehead atoms. The number of piperazine rings is 1. The van der Waals surface area contributed by atoms with E-state index in [1.165, 1.54) is 0 Å². The molecule has 0 radical (unpaired) electrons. The zero-order valence-electron chi connectivity index (χ0n) is 14.6. The van der Waals surface area contributed by atoms with Crippen molar-refractivity contribution >= 4 is 17.5 Å². The van der Waals surface area contributed by atoms with Crippen LogP contribution in [0.1, 0.15) is 18.5 Å². The highest BCUT2D eigenvalue weighted by atomic mass is 35.5. The number of hydrogen-bond donors (Lipinski definition) is 0. The molecule has 1 amide bonds. The summed E-state index contributed by atoms with van der Waals surface area (Å²) in [5.41, 5.74) is 1.15. The predicted molar refractivity (Wildman–Crippen MR) is 99.9 cm³/mol. The number of benzene rings is 2. The lowest BCUT2D eigenvalue weighted by atomic mass is 10.0. The monoisotopic (exact) mass is 358 g/mol. The second kappa shape index (κ2) is 7.89. The molecule has 2 atom stereocenters. The molecular formula is C20H23ClN2O2. The lowest BCUT2D eigenvalue weighted by molar-refractivity contribution is -0.143. The molecule has 0 aromatic heterocycles. The third-order valence-electron chi connectivity index (χ3n) is 4.53. The van der Waals surface area contributed by atoms with Crippen LogP contribution in [-0.4, -0.2) is 48.5 Å². The highest BCUT2D eigenvalue weighted by Gasteiger charge is 2.33. The van der Waals surface area contributed by atoms with Gasteiger partial charge in [-0.05, 0) is 43.8 Å². The van der Waals surface area contributed by atoms with Gasteiger partial charge in [0.25, 0.3) is 5.91 Å². The van der Waals surface area contributed by atoms with E-state index in [2.05, 4.69) is 24.1 Å². The lowest BCUT2D eigenvalue weighted by Crippen LogP contribution is -2.52. The van der Waals surface area contributed by atoms with E-state index in [0.29, 0.717) is 17.3 Å². The van der Waals surface area contributed by atoms with Crippen molar-refractivity contribution in [1.29, 1.82) is 0 Å². The predicted octanol–water partition coefficient (Wildman–Crippen LogP) is 3.62. The molecular weight excluding hydrogens is 336 g/mol. The Balaban J connectivity index is 1.75. The number of amides is 1. The Morgan fingerprint density at radius 3 is 2.48 bits per heavy atom. The first-order valence-electron chi connectivity index (χ1n) is 8.51. The SMILES string of the molecule is CC(Oc1ccc(Cl)cc1)C(=O)N1CCN(C)CC1c1ccccc1. The van der Waals surface area contributed by atoms with Gasteiger partial charge < -0.3 is 14.5 Å². The Hall–Kier alpha value is -2.04. The highest BCUT2D eigenvalue weighted by molar-refractivity contribution is 6.30. The Morgan fingerprint density at radius 1 is 1.12 bits per heavy atom. The van der Waals surface area contributed by atoms with Gasteiger partial charge in [-0.15, -0.1) is 0 Å². The standard InChI is InChI=1S/C20H23ClN2O2/c1-15(25-18-10-8-17(21)9-11-18)20(24)23-13-12-22(2)14-19(23)16-6-4-3-5-7-16/h3-11,15,19H,12-14H2,1-2H3. The summed E-state index contributed by atoms with van der Waals surface area (Å²) in [5.74, 6) is 0.660. The van der Waals surface area contributed by atoms with Gasteiger partial charge in [0, 0.05) is 24.7 Å². The van der Waals surface area contributed by atoms with E-state index in [1.807, 2.05) is 23.1 Å². The average Bonchev–Trinajstić information content (AvgIpc) is 2.63. The van der Waals surface area contributed by atoms with E-state index in [9.17, 15) is 4.79 Å². The molecule has 1 heterocycles. The number of likely N-dealkylation sites (N-methyl/N-ethyl adjacent to an activating group) is 1. The quantitative estimate of drug-likeness (QED) is 0.836. The zero-order valence-corrected chi connectivity index (χ0v) is 15.3. The van der Waals surface area contributed by atoms with Crippen LogP contribution in [0.2, 0.25) is 5.02 Å². The van der Waals surface area contributed by atoms with Crippen molar-refractivity contribution in [2.45, 2.75) is 19.1 Å². The molecule has 132 valence electrons. The minimum absolute atomic E-state index is 0.0110. The largest absolute Gasteiger partial charge is 0.481 e. The fourth-order valence-corrected chi connectivity index (χ4v) is 3.27. The van der Waals surface area contributed by atoms with E-state index in [4.69, 9.17) is 16.3 Å². The van der Waals surface area contributed by atoms with Gasteiger partial charge in [-0.1, -0.05) is 41.9 Å². The highest BCUT2D eigenvalue weighted by Crippen LogP contribution is 2.26. The molecule has 2 unspecified atom stereocenters. The number of nitrogens with zero attached hydrogens (tertiary/aromatic N) is 2. The average molecular weight is 359 g/mol. The maximum atomic E-state index is 13.0. The van der Waals surface area contributed by atoms with E-state index < -0.39 is 6.10 Å². The van der Waals surface area contributed by atoms with Crippen LogP contribution >= 0.6 is 11.6 Å². The van der Waals surface area contributed by atoms with Crippen LogP contribution in [0.4, 0.5) is 0 Å². The Morgan fingerprint density at radius 2 is 1.80 bits per heavy atom. The first kappa shape index (κ1) is 17.8. The fraction of sp³-hybridized carbons (Fsp3) is 0.350. The lowest BCUT2D eigenvalue weighted by Gasteiger charge is -2.41. The number of hydrogen-bond acceptors (Lipinski definition) is 3. The summed E-state index contributed by atoms with van der Waals surface area (Å²) < 4.78 is 5.83. The summed E-state index contributed by atoms with van der Waals surface area (Å²) in [5, 5.41) is 0.648. The van der Waals surface area contributed by atoms with E-state index in [0.717, 1.165) is 18.7 Å². The molecule has 0 spiro atoms. The molecule has 1 aliphatic rings. The third-order valence-corrected chi connectivity index (χ3v) is 4.78. The molecule has 0 N–H and O–H groups in total. The van der Waals surface area contributed by atoms with Crippen molar-refractivity contribution in [2.24, 2.45) is 0 Å². The van der Waals surface area contributed by atoms with Crippen LogP contribution in [0.3, 0.4) is 0 Å². The maximum Gasteiger partial charge on any atom is 0.263 e. The molecule has 4 nitrogen and oxygen atoms in total. The molecule has 1 saturated heterocycles. The van der Waals surface area contributed by atoms with Crippen molar-refractivity contribution in [2.75, 3.05) is 26.7 Å². The number of ether oxygens (including phenoxy) is 1. The van der Waals surface area contributed by atoms with Gasteiger partial charge in [0.1, 0.15) is 5.75 Å². The molecule has 25 heavy (non-hydrogen) atoms. The molecule has 5 heteroatoms. The fourth-order valence-electron chi connectivity index (χ4n) is 3.14. The molecule has 1 aliphatic heterocycles. The smallest absolute Gasteiger partial charge is 0.263 e. The number of rotatable bonds is 4. The Kier molecular flexibility index (Phi) is 5.61. The van der Waals surface area contributed by atoms with Crippen LogP contribution in [0, 0.1) is 0 Å². The number of carbonyl (C=O) groups is 1. The summed E-state index contributed by atoms with van der Waals surface area (Å²) in [4.78, 5) is 17.2. The zero-order chi connectivity index (χ0) is 17.8. The van der Waals surface area contributed by atoms with Crippen molar-refractivity contribution in [3.05, 3.63) is 65.2 Å². The first-order valence-corrected chi connectivity index (χ1v) is 8.88. The molecule has 0 aliphatic carbocycles.